The second-order valence-electron chi connectivity index (χ2n) is 7.71. The number of rotatable bonds is 4. The molecule has 2 fully saturated rings. The molecule has 0 bridgehead atoms. The summed E-state index contributed by atoms with van der Waals surface area (Å²) in [5.74, 6) is 0.363. The second-order valence-corrected chi connectivity index (χ2v) is 7.71. The average molecular weight is 557 g/mol. The van der Waals surface area contributed by atoms with Gasteiger partial charge in [0.2, 0.25) is 0 Å². The maximum absolute atomic E-state index is 14.6. The number of piperazine rings is 1. The van der Waals surface area contributed by atoms with Gasteiger partial charge in [-0.15, -0.1) is 24.0 Å². The molecule has 2 aliphatic heterocycles. The molecule has 32 heavy (non-hydrogen) atoms. The molecule has 0 spiro atoms. The van der Waals surface area contributed by atoms with Crippen molar-refractivity contribution in [3.05, 3.63) is 59.7 Å². The number of morpholine rings is 1. The Balaban J connectivity index is 0.00000289. The highest BCUT2D eigenvalue weighted by Crippen LogP contribution is 2.22. The first-order valence-corrected chi connectivity index (χ1v) is 10.7. The fourth-order valence-electron chi connectivity index (χ4n) is 4.10. The standard InChI is InChI=1S/C23H29F2N5O.HI/c1-26-23(30-10-8-28(9-11-30)21-5-3-2-4-19(21)24)27-17-18-6-7-22(20(25)16-18)29-12-14-31-15-13-29;/h2-7,16H,8-15,17H2,1H3,(H,26,27);1H. The lowest BCUT2D eigenvalue weighted by atomic mass is 10.1. The van der Waals surface area contributed by atoms with Gasteiger partial charge in [0.25, 0.3) is 0 Å². The van der Waals surface area contributed by atoms with Crippen molar-refractivity contribution in [3.8, 4) is 0 Å². The lowest BCUT2D eigenvalue weighted by molar-refractivity contribution is 0.122. The second kappa shape index (κ2) is 11.6. The van der Waals surface area contributed by atoms with Crippen LogP contribution in [-0.2, 0) is 11.3 Å². The number of benzene rings is 2. The zero-order valence-corrected chi connectivity index (χ0v) is 20.6. The Morgan fingerprint density at radius 1 is 0.906 bits per heavy atom. The molecule has 0 saturated carbocycles. The fourth-order valence-corrected chi connectivity index (χ4v) is 4.10. The van der Waals surface area contributed by atoms with Gasteiger partial charge in [0, 0.05) is 52.9 Å². The Hall–Kier alpha value is -2.14. The molecule has 6 nitrogen and oxygen atoms in total. The molecule has 4 rings (SSSR count). The van der Waals surface area contributed by atoms with Crippen molar-refractivity contribution in [2.24, 2.45) is 4.99 Å². The molecule has 9 heteroatoms. The van der Waals surface area contributed by atoms with E-state index < -0.39 is 0 Å². The Labute approximate surface area is 205 Å². The molecule has 0 aromatic heterocycles. The van der Waals surface area contributed by atoms with E-state index in [9.17, 15) is 8.78 Å². The number of ether oxygens (including phenoxy) is 1. The molecule has 2 aromatic carbocycles. The molecule has 0 unspecified atom stereocenters. The lowest BCUT2D eigenvalue weighted by Gasteiger charge is -2.37. The number of aliphatic imine (C=N–C) groups is 1. The molecule has 2 heterocycles. The van der Waals surface area contributed by atoms with E-state index in [1.165, 1.54) is 6.07 Å². The van der Waals surface area contributed by atoms with Crippen LogP contribution in [0.4, 0.5) is 20.2 Å². The van der Waals surface area contributed by atoms with Gasteiger partial charge in [-0.1, -0.05) is 18.2 Å². The van der Waals surface area contributed by atoms with Crippen LogP contribution in [0.2, 0.25) is 0 Å². The van der Waals surface area contributed by atoms with Gasteiger partial charge in [0.1, 0.15) is 11.6 Å². The number of nitrogens with zero attached hydrogens (tertiary/aromatic N) is 4. The van der Waals surface area contributed by atoms with Crippen molar-refractivity contribution in [3.63, 3.8) is 0 Å². The first-order valence-electron chi connectivity index (χ1n) is 10.7. The number of hydrogen-bond acceptors (Lipinski definition) is 4. The van der Waals surface area contributed by atoms with E-state index in [1.54, 1.807) is 19.2 Å². The third-order valence-corrected chi connectivity index (χ3v) is 5.80. The van der Waals surface area contributed by atoms with Gasteiger partial charge in [-0.3, -0.25) is 4.99 Å². The molecule has 2 saturated heterocycles. The molecule has 2 aliphatic rings. The summed E-state index contributed by atoms with van der Waals surface area (Å²) in [7, 11) is 1.74. The van der Waals surface area contributed by atoms with Gasteiger partial charge in [-0.05, 0) is 29.8 Å². The molecule has 2 aromatic rings. The van der Waals surface area contributed by atoms with Crippen molar-refractivity contribution < 1.29 is 13.5 Å². The number of guanidine groups is 1. The molecule has 0 atom stereocenters. The van der Waals surface area contributed by atoms with Crippen LogP contribution in [0.15, 0.2) is 47.5 Å². The Morgan fingerprint density at radius 3 is 2.22 bits per heavy atom. The third kappa shape index (κ3) is 5.80. The van der Waals surface area contributed by atoms with Gasteiger partial charge in [0.15, 0.2) is 5.96 Å². The predicted octanol–water partition coefficient (Wildman–Crippen LogP) is 3.32. The number of halogens is 3. The summed E-state index contributed by atoms with van der Waals surface area (Å²) in [6.07, 6.45) is 0. The normalized spacial score (nSPS) is 17.2. The Kier molecular flexibility index (Phi) is 8.92. The maximum Gasteiger partial charge on any atom is 0.194 e. The van der Waals surface area contributed by atoms with Gasteiger partial charge in [-0.2, -0.15) is 0 Å². The summed E-state index contributed by atoms with van der Waals surface area (Å²) < 4.78 is 34.0. The highest BCUT2D eigenvalue weighted by atomic mass is 127. The van der Waals surface area contributed by atoms with Crippen LogP contribution >= 0.6 is 24.0 Å². The molecule has 0 aliphatic carbocycles. The van der Waals surface area contributed by atoms with E-state index >= 15 is 0 Å². The number of anilines is 2. The first-order chi connectivity index (χ1) is 15.2. The summed E-state index contributed by atoms with van der Waals surface area (Å²) in [6, 6.07) is 12.2. The van der Waals surface area contributed by atoms with Crippen LogP contribution in [-0.4, -0.2) is 70.4 Å². The highest BCUT2D eigenvalue weighted by Gasteiger charge is 2.21. The minimum absolute atomic E-state index is 0. The molecule has 0 radical (unpaired) electrons. The molecule has 0 amide bonds. The fraction of sp³-hybridized carbons (Fsp3) is 0.435. The van der Waals surface area contributed by atoms with Crippen molar-refractivity contribution >= 4 is 41.3 Å². The van der Waals surface area contributed by atoms with Gasteiger partial charge < -0.3 is 24.8 Å². The van der Waals surface area contributed by atoms with Crippen molar-refractivity contribution in [1.82, 2.24) is 10.2 Å². The first kappa shape index (κ1) is 24.5. The summed E-state index contributed by atoms with van der Waals surface area (Å²) in [5.41, 5.74) is 2.13. The van der Waals surface area contributed by atoms with Gasteiger partial charge in [0.05, 0.1) is 24.6 Å². The molecular weight excluding hydrogens is 527 g/mol. The number of para-hydroxylation sites is 1. The van der Waals surface area contributed by atoms with E-state index in [0.29, 0.717) is 57.3 Å². The van der Waals surface area contributed by atoms with E-state index in [4.69, 9.17) is 4.74 Å². The van der Waals surface area contributed by atoms with E-state index in [1.807, 2.05) is 29.2 Å². The van der Waals surface area contributed by atoms with Crippen LogP contribution in [0.3, 0.4) is 0 Å². The maximum atomic E-state index is 14.6. The number of hydrogen-bond donors (Lipinski definition) is 1. The Morgan fingerprint density at radius 2 is 1.56 bits per heavy atom. The summed E-state index contributed by atoms with van der Waals surface area (Å²) in [5, 5.41) is 3.33. The monoisotopic (exact) mass is 557 g/mol. The quantitative estimate of drug-likeness (QED) is 0.355. The van der Waals surface area contributed by atoms with E-state index in [2.05, 4.69) is 20.1 Å². The van der Waals surface area contributed by atoms with Crippen LogP contribution < -0.4 is 15.1 Å². The lowest BCUT2D eigenvalue weighted by Crippen LogP contribution is -2.52. The summed E-state index contributed by atoms with van der Waals surface area (Å²) in [6.45, 7) is 6.05. The minimum atomic E-state index is -0.213. The topological polar surface area (TPSA) is 43.3 Å². The van der Waals surface area contributed by atoms with Crippen LogP contribution in [0.5, 0.6) is 0 Å². The summed E-state index contributed by atoms with van der Waals surface area (Å²) >= 11 is 0. The van der Waals surface area contributed by atoms with E-state index in [-0.39, 0.29) is 35.6 Å². The Bertz CT molecular complexity index is 915. The molecule has 1 N–H and O–H groups in total. The molecular formula is C23H30F2IN5O. The van der Waals surface area contributed by atoms with Crippen LogP contribution in [0.1, 0.15) is 5.56 Å². The van der Waals surface area contributed by atoms with E-state index in [0.717, 1.165) is 24.6 Å². The van der Waals surface area contributed by atoms with Crippen LogP contribution in [0.25, 0.3) is 0 Å². The van der Waals surface area contributed by atoms with Gasteiger partial charge >= 0.3 is 0 Å². The minimum Gasteiger partial charge on any atom is -0.378 e. The average Bonchev–Trinajstić information content (AvgIpc) is 2.81. The largest absolute Gasteiger partial charge is 0.378 e. The highest BCUT2D eigenvalue weighted by molar-refractivity contribution is 14.0. The smallest absolute Gasteiger partial charge is 0.194 e. The van der Waals surface area contributed by atoms with Crippen molar-refractivity contribution in [2.75, 3.05) is 69.3 Å². The van der Waals surface area contributed by atoms with Crippen LogP contribution in [0, 0.1) is 11.6 Å². The zero-order chi connectivity index (χ0) is 21.6. The van der Waals surface area contributed by atoms with Crippen molar-refractivity contribution in [2.45, 2.75) is 6.54 Å². The predicted molar refractivity (Wildman–Crippen MR) is 135 cm³/mol. The van der Waals surface area contributed by atoms with Gasteiger partial charge in [-0.25, -0.2) is 8.78 Å². The zero-order valence-electron chi connectivity index (χ0n) is 18.3. The summed E-state index contributed by atoms with van der Waals surface area (Å²) in [4.78, 5) is 10.6. The third-order valence-electron chi connectivity index (χ3n) is 5.80. The SMILES string of the molecule is CN=C(NCc1ccc(N2CCOCC2)c(F)c1)N1CCN(c2ccccc2F)CC1.I. The number of nitrogens with one attached hydrogen (secondary N) is 1. The van der Waals surface area contributed by atoms with Crippen molar-refractivity contribution in [1.29, 1.82) is 0 Å². The molecule has 174 valence electrons.